The summed E-state index contributed by atoms with van der Waals surface area (Å²) in [6.07, 6.45) is -1.99. The molecule has 0 aromatic carbocycles. The van der Waals surface area contributed by atoms with E-state index in [9.17, 15) is 13.8 Å². The van der Waals surface area contributed by atoms with Crippen LogP contribution in [0.25, 0.3) is 0 Å². The molecule has 20 heavy (non-hydrogen) atoms. The van der Waals surface area contributed by atoms with Crippen LogP contribution >= 0.6 is 7.60 Å². The predicted octanol–water partition coefficient (Wildman–Crippen LogP) is -0.744. The molecule has 0 bridgehead atoms. The van der Waals surface area contributed by atoms with Gasteiger partial charge in [0, 0.05) is 20.4 Å². The Labute approximate surface area is 118 Å². The molecule has 1 heterocycles. The molecule has 10 heteroatoms. The van der Waals surface area contributed by atoms with E-state index in [4.69, 9.17) is 23.8 Å². The van der Waals surface area contributed by atoms with Crippen LogP contribution in [0.2, 0.25) is 0 Å². The summed E-state index contributed by atoms with van der Waals surface area (Å²) in [4.78, 5) is 9.33. The molecule has 0 amide bonds. The molecule has 5 atom stereocenters. The quantitative estimate of drug-likeness (QED) is 0.346. The van der Waals surface area contributed by atoms with E-state index in [1.165, 1.54) is 15.0 Å². The van der Waals surface area contributed by atoms with Crippen LogP contribution in [0.15, 0.2) is 0 Å². The minimum atomic E-state index is -3.93. The van der Waals surface area contributed by atoms with Crippen molar-refractivity contribution < 1.29 is 37.7 Å². The number of ether oxygens (including phenoxy) is 3. The first-order valence-electron chi connectivity index (χ1n) is 6.31. The average Bonchev–Trinajstić information content (AvgIpc) is 2.54. The fourth-order valence-electron chi connectivity index (χ4n) is 2.05. The van der Waals surface area contributed by atoms with Crippen LogP contribution < -0.4 is 0 Å². The Morgan fingerprint density at radius 1 is 1.55 bits per heavy atom. The highest BCUT2D eigenvalue weighted by Gasteiger charge is 2.59. The second kappa shape index (κ2) is 7.31. The minimum absolute atomic E-state index is 0.00400. The van der Waals surface area contributed by atoms with Crippen molar-refractivity contribution in [3.63, 3.8) is 0 Å². The van der Waals surface area contributed by atoms with Gasteiger partial charge in [-0.3, -0.25) is 9.09 Å². The molecule has 1 aliphatic heterocycles. The van der Waals surface area contributed by atoms with E-state index < -0.39 is 31.7 Å². The lowest BCUT2D eigenvalue weighted by Crippen LogP contribution is -2.48. The van der Waals surface area contributed by atoms with Crippen molar-refractivity contribution >= 4 is 15.4 Å². The van der Waals surface area contributed by atoms with Crippen LogP contribution in [-0.4, -0.2) is 75.5 Å². The van der Waals surface area contributed by atoms with E-state index in [0.717, 1.165) is 6.66 Å². The zero-order valence-electron chi connectivity index (χ0n) is 11.8. The Balaban J connectivity index is 2.88. The van der Waals surface area contributed by atoms with Crippen molar-refractivity contribution in [1.82, 2.24) is 0 Å². The summed E-state index contributed by atoms with van der Waals surface area (Å²) in [7, 11) is -1.08. The largest absolute Gasteiger partial charge is 0.396 e. The molecule has 0 spiro atoms. The molecule has 1 aliphatic rings. The molecule has 0 aromatic heterocycles. The van der Waals surface area contributed by atoms with E-state index in [2.05, 4.69) is 0 Å². The fourth-order valence-corrected chi connectivity index (χ4v) is 2.75. The van der Waals surface area contributed by atoms with Crippen molar-refractivity contribution in [3.05, 3.63) is 0 Å². The number of hydrogen-bond donors (Lipinski definition) is 2. The van der Waals surface area contributed by atoms with Gasteiger partial charge in [-0.2, -0.15) is 0 Å². The smallest absolute Gasteiger partial charge is 0.325 e. The zero-order chi connectivity index (χ0) is 15.4. The highest BCUT2D eigenvalue weighted by atomic mass is 31.2. The number of aliphatic hydroxyl groups excluding tert-OH is 1. The van der Waals surface area contributed by atoms with E-state index >= 15 is 0 Å². The lowest BCUT2D eigenvalue weighted by atomic mass is 9.90. The number of halogens is 1. The highest BCUT2D eigenvalue weighted by molar-refractivity contribution is 7.51. The van der Waals surface area contributed by atoms with Gasteiger partial charge in [-0.15, -0.1) is 0 Å². The molecule has 0 aliphatic carbocycles. The summed E-state index contributed by atoms with van der Waals surface area (Å²) < 4.78 is 46.7. The number of rotatable bonds is 8. The molecule has 7 nitrogen and oxygen atoms in total. The van der Waals surface area contributed by atoms with E-state index in [-0.39, 0.29) is 26.2 Å². The standard InChI is InChI=1S/C10H21BFO7P/c1-16-6-7-8(19-20(2,14)15)10(12,9(11)18-7)17-5-3-4-13/h7-9,13H,3-6,11H2,1-2H3,(H,14,15)/t7-,8?,9-,10+/m1/s1. The fraction of sp³-hybridized carbons (Fsp3) is 1.00. The summed E-state index contributed by atoms with van der Waals surface area (Å²) in [5, 5.41) is 8.71. The van der Waals surface area contributed by atoms with Crippen molar-refractivity contribution in [2.75, 3.05) is 33.6 Å². The molecule has 0 aromatic rings. The van der Waals surface area contributed by atoms with Gasteiger partial charge in [0.15, 0.2) is 6.10 Å². The lowest BCUT2D eigenvalue weighted by molar-refractivity contribution is -0.193. The summed E-state index contributed by atoms with van der Waals surface area (Å²) in [6.45, 7) is 0.766. The highest BCUT2D eigenvalue weighted by Crippen LogP contribution is 2.47. The Hall–Kier alpha value is -0.0151. The first-order chi connectivity index (χ1) is 9.24. The van der Waals surface area contributed by atoms with Gasteiger partial charge in [-0.25, -0.2) is 4.39 Å². The normalized spacial score (nSPS) is 37.0. The Bertz CT molecular complexity index is 354. The first-order valence-corrected chi connectivity index (χ1v) is 8.34. The lowest BCUT2D eigenvalue weighted by Gasteiger charge is -2.30. The Morgan fingerprint density at radius 3 is 2.70 bits per heavy atom. The van der Waals surface area contributed by atoms with Crippen LogP contribution in [0, 0.1) is 0 Å². The molecule has 1 saturated heterocycles. The zero-order valence-corrected chi connectivity index (χ0v) is 12.7. The Morgan fingerprint density at radius 2 is 2.20 bits per heavy atom. The predicted molar refractivity (Wildman–Crippen MR) is 71.2 cm³/mol. The van der Waals surface area contributed by atoms with Gasteiger partial charge in [0.05, 0.1) is 19.2 Å². The van der Waals surface area contributed by atoms with Crippen molar-refractivity contribution in [1.29, 1.82) is 0 Å². The summed E-state index contributed by atoms with van der Waals surface area (Å²) in [5.41, 5.74) is 0. The number of aliphatic hydroxyl groups is 1. The molecule has 118 valence electrons. The monoisotopic (exact) mass is 314 g/mol. The van der Waals surface area contributed by atoms with Crippen LogP contribution in [0.3, 0.4) is 0 Å². The second-order valence-corrected chi connectivity index (χ2v) is 6.54. The maximum Gasteiger partial charge on any atom is 0.325 e. The minimum Gasteiger partial charge on any atom is -0.396 e. The van der Waals surface area contributed by atoms with Crippen LogP contribution in [0.1, 0.15) is 6.42 Å². The summed E-state index contributed by atoms with van der Waals surface area (Å²) in [5.74, 6) is -2.37. The van der Waals surface area contributed by atoms with Crippen LogP contribution in [0.5, 0.6) is 0 Å². The second-order valence-electron chi connectivity index (χ2n) is 4.72. The molecular formula is C10H21BFO7P. The molecule has 0 radical (unpaired) electrons. The molecule has 2 N–H and O–H groups in total. The van der Waals surface area contributed by atoms with E-state index in [1.54, 1.807) is 0 Å². The number of hydrogen-bond acceptors (Lipinski definition) is 6. The van der Waals surface area contributed by atoms with Crippen LogP contribution in [0.4, 0.5) is 4.39 Å². The van der Waals surface area contributed by atoms with E-state index in [1.807, 2.05) is 0 Å². The summed E-state index contributed by atoms with van der Waals surface area (Å²) in [6, 6.07) is -0.988. The topological polar surface area (TPSA) is 94.5 Å². The van der Waals surface area contributed by atoms with Crippen molar-refractivity contribution in [2.24, 2.45) is 0 Å². The molecule has 1 fully saturated rings. The molecule has 2 unspecified atom stereocenters. The van der Waals surface area contributed by atoms with Gasteiger partial charge >= 0.3 is 7.60 Å². The van der Waals surface area contributed by atoms with Gasteiger partial charge in [-0.05, 0) is 6.42 Å². The van der Waals surface area contributed by atoms with E-state index in [0.29, 0.717) is 0 Å². The average molecular weight is 314 g/mol. The van der Waals surface area contributed by atoms with Gasteiger partial charge in [0.25, 0.3) is 5.85 Å². The van der Waals surface area contributed by atoms with Crippen molar-refractivity contribution in [3.8, 4) is 0 Å². The third-order valence-electron chi connectivity index (χ3n) is 2.92. The van der Waals surface area contributed by atoms with Crippen molar-refractivity contribution in [2.45, 2.75) is 30.5 Å². The SMILES string of the molecule is B[C@@H]1O[C@H](COC)C(OP(C)(=O)O)[C@]1(F)OCCCO. The molecule has 0 saturated carbocycles. The first kappa shape index (κ1) is 18.0. The third kappa shape index (κ3) is 4.49. The molecular weight excluding hydrogens is 293 g/mol. The maximum atomic E-state index is 15.0. The maximum absolute atomic E-state index is 15.0. The van der Waals surface area contributed by atoms with Crippen LogP contribution in [-0.2, 0) is 23.3 Å². The molecule has 1 rings (SSSR count). The van der Waals surface area contributed by atoms with Gasteiger partial charge in [0.1, 0.15) is 14.0 Å². The third-order valence-corrected chi connectivity index (χ3v) is 3.54. The van der Waals surface area contributed by atoms with Gasteiger partial charge in [-0.1, -0.05) is 0 Å². The number of alkyl halides is 1. The Kier molecular flexibility index (Phi) is 6.59. The summed E-state index contributed by atoms with van der Waals surface area (Å²) >= 11 is 0. The number of methoxy groups -OCH3 is 1. The van der Waals surface area contributed by atoms with Gasteiger partial charge in [0.2, 0.25) is 0 Å². The van der Waals surface area contributed by atoms with Gasteiger partial charge < -0.3 is 24.2 Å².